The highest BCUT2D eigenvalue weighted by molar-refractivity contribution is 5.77. The Balaban J connectivity index is 2.17. The molecule has 0 aliphatic heterocycles. The van der Waals surface area contributed by atoms with Crippen LogP contribution >= 0.6 is 0 Å². The van der Waals surface area contributed by atoms with Crippen molar-refractivity contribution in [2.45, 2.75) is 32.1 Å². The molecular weight excluding hydrogens is 376 g/mol. The first-order valence-corrected chi connectivity index (χ1v) is 10.9. The summed E-state index contributed by atoms with van der Waals surface area (Å²) >= 11 is 0. The van der Waals surface area contributed by atoms with E-state index >= 15 is 0 Å². The summed E-state index contributed by atoms with van der Waals surface area (Å²) in [6.45, 7) is 4.15. The molecule has 1 atom stereocenters. The number of aryl methyl sites for hydroxylation is 1. The van der Waals surface area contributed by atoms with Gasteiger partial charge in [0.05, 0.1) is 5.41 Å². The Morgan fingerprint density at radius 3 is 2.65 bits per heavy atom. The first kappa shape index (κ1) is 20.7. The minimum Gasteiger partial charge on any atom is -0.405 e. The van der Waals surface area contributed by atoms with E-state index in [1.165, 1.54) is 33.4 Å². The fourth-order valence-corrected chi connectivity index (χ4v) is 4.94. The average Bonchev–Trinajstić information content (AvgIpc) is 3.02. The lowest BCUT2D eigenvalue weighted by molar-refractivity contribution is 0.750. The third-order valence-corrected chi connectivity index (χ3v) is 6.29. The molecule has 0 bridgehead atoms. The molecule has 4 rings (SSSR count). The van der Waals surface area contributed by atoms with E-state index in [1.54, 1.807) is 6.20 Å². The molecule has 1 aromatic carbocycles. The first-order chi connectivity index (χ1) is 15.1. The number of anilines is 1. The van der Waals surface area contributed by atoms with E-state index < -0.39 is 5.41 Å². The molecule has 4 N–H and O–H groups in total. The molecule has 1 aromatic rings. The summed E-state index contributed by atoms with van der Waals surface area (Å²) in [6, 6.07) is 6.46. The van der Waals surface area contributed by atoms with Crippen LogP contribution in [0.5, 0.6) is 0 Å². The van der Waals surface area contributed by atoms with Crippen molar-refractivity contribution in [2.24, 2.45) is 5.73 Å². The second kappa shape index (κ2) is 8.69. The van der Waals surface area contributed by atoms with Crippen LogP contribution in [0.25, 0.3) is 0 Å². The molecule has 0 spiro atoms. The smallest absolute Gasteiger partial charge is 0.0710 e. The Labute approximate surface area is 185 Å². The molecule has 0 amide bonds. The highest BCUT2D eigenvalue weighted by Gasteiger charge is 2.47. The first-order valence-electron chi connectivity index (χ1n) is 10.9. The van der Waals surface area contributed by atoms with Gasteiger partial charge in [0.15, 0.2) is 0 Å². The van der Waals surface area contributed by atoms with Gasteiger partial charge in [-0.1, -0.05) is 79.0 Å². The predicted molar refractivity (Wildman–Crippen MR) is 133 cm³/mol. The minimum absolute atomic E-state index is 0.442. The van der Waals surface area contributed by atoms with Crippen LogP contribution < -0.4 is 11.5 Å². The Morgan fingerprint density at radius 2 is 1.87 bits per heavy atom. The monoisotopic (exact) mass is 406 g/mol. The van der Waals surface area contributed by atoms with Crippen molar-refractivity contribution in [3.63, 3.8) is 0 Å². The van der Waals surface area contributed by atoms with Crippen LogP contribution in [0.15, 0.2) is 125 Å². The predicted octanol–water partition coefficient (Wildman–Crippen LogP) is 6.43. The van der Waals surface area contributed by atoms with Crippen molar-refractivity contribution in [3.8, 4) is 0 Å². The van der Waals surface area contributed by atoms with Gasteiger partial charge >= 0.3 is 0 Å². The van der Waals surface area contributed by atoms with E-state index in [9.17, 15) is 0 Å². The Bertz CT molecular complexity index is 1160. The van der Waals surface area contributed by atoms with Gasteiger partial charge in [0.25, 0.3) is 0 Å². The number of hydrogen-bond donors (Lipinski definition) is 2. The summed E-state index contributed by atoms with van der Waals surface area (Å²) in [5, 5.41) is 0. The summed E-state index contributed by atoms with van der Waals surface area (Å²) < 4.78 is 0. The molecule has 0 saturated heterocycles. The van der Waals surface area contributed by atoms with Crippen LogP contribution in [0.4, 0.5) is 5.69 Å². The van der Waals surface area contributed by atoms with Crippen molar-refractivity contribution >= 4 is 5.69 Å². The van der Waals surface area contributed by atoms with Gasteiger partial charge in [0, 0.05) is 5.69 Å². The normalized spacial score (nSPS) is 23.1. The number of allylic oxidation sites excluding steroid dienone is 17. The van der Waals surface area contributed by atoms with Gasteiger partial charge in [-0.25, -0.2) is 0 Å². The zero-order valence-electron chi connectivity index (χ0n) is 18.3. The lowest BCUT2D eigenvalue weighted by Crippen LogP contribution is -2.31. The van der Waals surface area contributed by atoms with Crippen molar-refractivity contribution < 1.29 is 0 Å². The molecule has 0 saturated carbocycles. The van der Waals surface area contributed by atoms with Crippen LogP contribution in [0.1, 0.15) is 30.9 Å². The van der Waals surface area contributed by atoms with E-state index in [1.807, 2.05) is 12.1 Å². The molecule has 2 nitrogen and oxygen atoms in total. The SMILES string of the molecule is C/C=C/C(=C\C=C\N)C1(c2ccc(N)c(C)c2)C2=C(C=CCC=C2)C2=C1C=CC=CC2. The number of fused-ring (bicyclic) bond motifs is 1. The molecule has 1 unspecified atom stereocenters. The molecule has 0 aromatic heterocycles. The maximum atomic E-state index is 6.23. The highest BCUT2D eigenvalue weighted by Crippen LogP contribution is 2.57. The number of rotatable bonds is 4. The van der Waals surface area contributed by atoms with Crippen LogP contribution in [-0.2, 0) is 5.41 Å². The quantitative estimate of drug-likeness (QED) is 0.447. The zero-order valence-corrected chi connectivity index (χ0v) is 18.3. The second-order valence-electron chi connectivity index (χ2n) is 8.08. The molecule has 3 aliphatic carbocycles. The van der Waals surface area contributed by atoms with Gasteiger partial charge in [-0.05, 0) is 84.0 Å². The highest BCUT2D eigenvalue weighted by atomic mass is 14.6. The van der Waals surface area contributed by atoms with E-state index in [0.717, 1.165) is 24.1 Å². The molecular formula is C29H30N2. The van der Waals surface area contributed by atoms with Gasteiger partial charge in [-0.3, -0.25) is 0 Å². The van der Waals surface area contributed by atoms with Gasteiger partial charge in [0.1, 0.15) is 0 Å². The van der Waals surface area contributed by atoms with Crippen LogP contribution in [-0.4, -0.2) is 0 Å². The van der Waals surface area contributed by atoms with E-state index in [0.29, 0.717) is 0 Å². The van der Waals surface area contributed by atoms with Gasteiger partial charge in [-0.15, -0.1) is 0 Å². The summed E-state index contributed by atoms with van der Waals surface area (Å²) in [4.78, 5) is 0. The Morgan fingerprint density at radius 1 is 1.03 bits per heavy atom. The molecule has 2 heteroatoms. The van der Waals surface area contributed by atoms with Gasteiger partial charge in [-0.2, -0.15) is 0 Å². The molecule has 156 valence electrons. The number of benzene rings is 1. The molecule has 3 aliphatic rings. The average molecular weight is 407 g/mol. The summed E-state index contributed by atoms with van der Waals surface area (Å²) in [7, 11) is 0. The van der Waals surface area contributed by atoms with E-state index in [2.05, 4.69) is 92.8 Å². The number of nitrogen functional groups attached to an aromatic ring is 1. The number of hydrogen-bond acceptors (Lipinski definition) is 2. The summed E-state index contributed by atoms with van der Waals surface area (Å²) in [5.41, 5.74) is 21.2. The lowest BCUT2D eigenvalue weighted by Gasteiger charge is -2.37. The van der Waals surface area contributed by atoms with Gasteiger partial charge in [0.2, 0.25) is 0 Å². The van der Waals surface area contributed by atoms with Gasteiger partial charge < -0.3 is 11.5 Å². The third-order valence-electron chi connectivity index (χ3n) is 6.29. The van der Waals surface area contributed by atoms with Crippen molar-refractivity contribution in [1.29, 1.82) is 0 Å². The summed E-state index contributed by atoms with van der Waals surface area (Å²) in [6.07, 6.45) is 29.8. The number of nitrogens with two attached hydrogens (primary N) is 2. The van der Waals surface area contributed by atoms with Crippen LogP contribution in [0, 0.1) is 6.92 Å². The third kappa shape index (κ3) is 3.38. The van der Waals surface area contributed by atoms with Crippen molar-refractivity contribution in [1.82, 2.24) is 0 Å². The molecule has 0 radical (unpaired) electrons. The molecule has 31 heavy (non-hydrogen) atoms. The largest absolute Gasteiger partial charge is 0.405 e. The van der Waals surface area contributed by atoms with Crippen LogP contribution in [0.3, 0.4) is 0 Å². The Kier molecular flexibility index (Phi) is 5.81. The van der Waals surface area contributed by atoms with Crippen molar-refractivity contribution in [2.75, 3.05) is 5.73 Å². The van der Waals surface area contributed by atoms with E-state index in [4.69, 9.17) is 11.5 Å². The fraction of sp³-hybridized carbons (Fsp3) is 0.172. The lowest BCUT2D eigenvalue weighted by atomic mass is 9.64. The molecule has 0 heterocycles. The second-order valence-corrected chi connectivity index (χ2v) is 8.08. The maximum absolute atomic E-state index is 6.23. The van der Waals surface area contributed by atoms with Crippen LogP contribution in [0.2, 0.25) is 0 Å². The molecule has 0 fully saturated rings. The fourth-order valence-electron chi connectivity index (χ4n) is 4.94. The Hall–Kier alpha value is -3.52. The maximum Gasteiger partial charge on any atom is 0.0710 e. The zero-order chi connectivity index (χ0) is 21.8. The van der Waals surface area contributed by atoms with E-state index in [-0.39, 0.29) is 0 Å². The van der Waals surface area contributed by atoms with Crippen molar-refractivity contribution in [3.05, 3.63) is 136 Å². The standard InChI is InChI=1S/C29H30N2/c1-3-11-22(12-10-19-30)29(23-17-18-28(31)21(2)20-23)26-15-8-4-6-13-24(26)25-14-7-5-9-16-27(25)29/h3-4,6-12,14-20H,5,13,30-31H2,1-2H3/b11-3+,19-10+,22-12+. The summed E-state index contributed by atoms with van der Waals surface area (Å²) in [5.74, 6) is 0. The topological polar surface area (TPSA) is 52.0 Å². The minimum atomic E-state index is -0.442.